The molecule has 0 amide bonds. The van der Waals surface area contributed by atoms with Gasteiger partial charge in [0.05, 0.1) is 0 Å². The molecular weight excluding hydrogens is 286 g/mol. The van der Waals surface area contributed by atoms with Crippen molar-refractivity contribution in [3.63, 3.8) is 0 Å². The minimum atomic E-state index is 0.515. The summed E-state index contributed by atoms with van der Waals surface area (Å²) < 4.78 is 5.49. The molecule has 0 bridgehead atoms. The van der Waals surface area contributed by atoms with Crippen LogP contribution in [0.4, 0.5) is 5.82 Å². The van der Waals surface area contributed by atoms with E-state index in [9.17, 15) is 0 Å². The standard InChI is InChI=1S/C19H23N3O/c1-2-4-14(5-3-1)13-20-18-12-17(15-8-10-23-11-9-15)21-19(22-18)16-6-7-16/h1-5,12,15-16H,6-11,13H2,(H,20,21,22). The summed E-state index contributed by atoms with van der Waals surface area (Å²) >= 11 is 0. The lowest BCUT2D eigenvalue weighted by atomic mass is 9.96. The molecule has 2 aromatic rings. The van der Waals surface area contributed by atoms with E-state index < -0.39 is 0 Å². The minimum absolute atomic E-state index is 0.515. The van der Waals surface area contributed by atoms with Crippen molar-refractivity contribution >= 4 is 5.82 Å². The van der Waals surface area contributed by atoms with E-state index in [0.29, 0.717) is 11.8 Å². The maximum Gasteiger partial charge on any atom is 0.134 e. The van der Waals surface area contributed by atoms with Crippen molar-refractivity contribution in [2.45, 2.75) is 44.1 Å². The lowest BCUT2D eigenvalue weighted by Gasteiger charge is -2.22. The van der Waals surface area contributed by atoms with Gasteiger partial charge in [-0.25, -0.2) is 9.97 Å². The van der Waals surface area contributed by atoms with Gasteiger partial charge in [-0.3, -0.25) is 0 Å². The molecule has 1 saturated carbocycles. The Hall–Kier alpha value is -1.94. The van der Waals surface area contributed by atoms with Crippen molar-refractivity contribution in [2.75, 3.05) is 18.5 Å². The summed E-state index contributed by atoms with van der Waals surface area (Å²) in [5, 5.41) is 3.48. The SMILES string of the molecule is c1ccc(CNc2cc(C3CCOCC3)nc(C3CC3)n2)cc1. The molecule has 4 rings (SSSR count). The van der Waals surface area contributed by atoms with Gasteiger partial charge in [-0.1, -0.05) is 30.3 Å². The number of hydrogen-bond donors (Lipinski definition) is 1. The molecule has 23 heavy (non-hydrogen) atoms. The summed E-state index contributed by atoms with van der Waals surface area (Å²) in [6, 6.07) is 12.6. The Morgan fingerprint density at radius 1 is 0.957 bits per heavy atom. The van der Waals surface area contributed by atoms with Gasteiger partial charge in [-0.15, -0.1) is 0 Å². The molecule has 1 aliphatic carbocycles. The van der Waals surface area contributed by atoms with Gasteiger partial charge in [-0.2, -0.15) is 0 Å². The Labute approximate surface area is 137 Å². The van der Waals surface area contributed by atoms with Gasteiger partial charge in [0, 0.05) is 43.4 Å². The molecule has 0 atom stereocenters. The van der Waals surface area contributed by atoms with Crippen LogP contribution in [0.2, 0.25) is 0 Å². The van der Waals surface area contributed by atoms with E-state index in [1.807, 2.05) is 6.07 Å². The summed E-state index contributed by atoms with van der Waals surface area (Å²) in [6.45, 7) is 2.50. The number of benzene rings is 1. The van der Waals surface area contributed by atoms with Crippen LogP contribution in [0.25, 0.3) is 0 Å². The van der Waals surface area contributed by atoms with E-state index in [2.05, 4.69) is 35.6 Å². The molecule has 2 aliphatic rings. The van der Waals surface area contributed by atoms with Crippen molar-refractivity contribution in [1.29, 1.82) is 0 Å². The number of hydrogen-bond acceptors (Lipinski definition) is 4. The average molecular weight is 309 g/mol. The number of nitrogens with zero attached hydrogens (tertiary/aromatic N) is 2. The monoisotopic (exact) mass is 309 g/mol. The molecule has 0 spiro atoms. The topological polar surface area (TPSA) is 47.0 Å². The number of anilines is 1. The van der Waals surface area contributed by atoms with Crippen LogP contribution < -0.4 is 5.32 Å². The summed E-state index contributed by atoms with van der Waals surface area (Å²) in [7, 11) is 0. The van der Waals surface area contributed by atoms with Crippen LogP contribution in [-0.2, 0) is 11.3 Å². The van der Waals surface area contributed by atoms with Crippen molar-refractivity contribution in [1.82, 2.24) is 9.97 Å². The predicted octanol–water partition coefficient (Wildman–Crippen LogP) is 3.86. The maximum absolute atomic E-state index is 5.49. The third kappa shape index (κ3) is 3.70. The first kappa shape index (κ1) is 14.6. The Bertz CT molecular complexity index is 649. The summed E-state index contributed by atoms with van der Waals surface area (Å²) in [5.41, 5.74) is 2.47. The highest BCUT2D eigenvalue weighted by molar-refractivity contribution is 5.39. The highest BCUT2D eigenvalue weighted by atomic mass is 16.5. The second kappa shape index (κ2) is 6.67. The van der Waals surface area contributed by atoms with E-state index in [4.69, 9.17) is 14.7 Å². The smallest absolute Gasteiger partial charge is 0.134 e. The first-order chi connectivity index (χ1) is 11.4. The Morgan fingerprint density at radius 2 is 1.74 bits per heavy atom. The van der Waals surface area contributed by atoms with E-state index in [1.54, 1.807) is 0 Å². The van der Waals surface area contributed by atoms with Gasteiger partial charge in [0.2, 0.25) is 0 Å². The molecule has 1 aliphatic heterocycles. The second-order valence-electron chi connectivity index (χ2n) is 6.54. The van der Waals surface area contributed by atoms with Crippen LogP contribution in [0.15, 0.2) is 36.4 Å². The van der Waals surface area contributed by atoms with E-state index in [0.717, 1.165) is 44.2 Å². The molecule has 0 unspecified atom stereocenters. The maximum atomic E-state index is 5.49. The van der Waals surface area contributed by atoms with Crippen LogP contribution in [0, 0.1) is 0 Å². The molecule has 1 N–H and O–H groups in total. The summed E-state index contributed by atoms with van der Waals surface area (Å²) in [6.07, 6.45) is 4.60. The van der Waals surface area contributed by atoms with Gasteiger partial charge in [0.1, 0.15) is 11.6 Å². The highest BCUT2D eigenvalue weighted by Crippen LogP contribution is 2.39. The summed E-state index contributed by atoms with van der Waals surface area (Å²) in [4.78, 5) is 9.62. The largest absolute Gasteiger partial charge is 0.381 e. The molecule has 120 valence electrons. The fourth-order valence-electron chi connectivity index (χ4n) is 3.09. The molecule has 0 radical (unpaired) electrons. The Balaban J connectivity index is 1.54. The molecular formula is C19H23N3O. The van der Waals surface area contributed by atoms with Crippen molar-refractivity contribution in [3.05, 3.63) is 53.5 Å². The Morgan fingerprint density at radius 3 is 2.48 bits per heavy atom. The van der Waals surface area contributed by atoms with Crippen molar-refractivity contribution in [2.24, 2.45) is 0 Å². The zero-order valence-electron chi connectivity index (χ0n) is 13.4. The van der Waals surface area contributed by atoms with E-state index in [1.165, 1.54) is 24.1 Å². The van der Waals surface area contributed by atoms with Crippen LogP contribution in [0.5, 0.6) is 0 Å². The molecule has 2 heterocycles. The van der Waals surface area contributed by atoms with Crippen molar-refractivity contribution in [3.8, 4) is 0 Å². The molecule has 4 heteroatoms. The van der Waals surface area contributed by atoms with Crippen molar-refractivity contribution < 1.29 is 4.74 Å². The van der Waals surface area contributed by atoms with Gasteiger partial charge >= 0.3 is 0 Å². The van der Waals surface area contributed by atoms with E-state index in [-0.39, 0.29) is 0 Å². The first-order valence-electron chi connectivity index (χ1n) is 8.63. The number of nitrogens with one attached hydrogen (secondary N) is 1. The van der Waals surface area contributed by atoms with Gasteiger partial charge in [0.25, 0.3) is 0 Å². The fraction of sp³-hybridized carbons (Fsp3) is 0.474. The average Bonchev–Trinajstić information content (AvgIpc) is 3.47. The number of aromatic nitrogens is 2. The third-order valence-corrected chi connectivity index (χ3v) is 4.66. The number of rotatable bonds is 5. The quantitative estimate of drug-likeness (QED) is 0.911. The molecule has 4 nitrogen and oxygen atoms in total. The number of ether oxygens (including phenoxy) is 1. The van der Waals surface area contributed by atoms with Crippen LogP contribution >= 0.6 is 0 Å². The van der Waals surface area contributed by atoms with Crippen LogP contribution in [0.1, 0.15) is 54.6 Å². The zero-order chi connectivity index (χ0) is 15.5. The molecule has 2 fully saturated rings. The van der Waals surface area contributed by atoms with Crippen LogP contribution in [-0.4, -0.2) is 23.2 Å². The van der Waals surface area contributed by atoms with Crippen LogP contribution in [0.3, 0.4) is 0 Å². The first-order valence-corrected chi connectivity index (χ1v) is 8.63. The van der Waals surface area contributed by atoms with Gasteiger partial charge in [0.15, 0.2) is 0 Å². The highest BCUT2D eigenvalue weighted by Gasteiger charge is 2.28. The minimum Gasteiger partial charge on any atom is -0.381 e. The third-order valence-electron chi connectivity index (χ3n) is 4.66. The lowest BCUT2D eigenvalue weighted by Crippen LogP contribution is -2.16. The summed E-state index contributed by atoms with van der Waals surface area (Å²) in [5.74, 6) is 3.09. The molecule has 1 aromatic carbocycles. The lowest BCUT2D eigenvalue weighted by molar-refractivity contribution is 0.0844. The normalized spacial score (nSPS) is 18.8. The Kier molecular flexibility index (Phi) is 4.24. The van der Waals surface area contributed by atoms with E-state index >= 15 is 0 Å². The van der Waals surface area contributed by atoms with Gasteiger partial charge in [-0.05, 0) is 31.2 Å². The second-order valence-corrected chi connectivity index (χ2v) is 6.54. The molecule has 1 saturated heterocycles. The zero-order valence-corrected chi connectivity index (χ0v) is 13.4. The fourth-order valence-corrected chi connectivity index (χ4v) is 3.09. The van der Waals surface area contributed by atoms with Gasteiger partial charge < -0.3 is 10.1 Å². The predicted molar refractivity (Wildman–Crippen MR) is 90.6 cm³/mol. The molecule has 1 aromatic heterocycles.